The molecule has 0 aliphatic rings. The number of nitrogens with zero attached hydrogens (tertiary/aromatic N) is 2. The number of pyridine rings is 1. The number of nitrogen functional groups attached to an aromatic ring is 1. The van der Waals surface area contributed by atoms with Gasteiger partial charge in [0.25, 0.3) is 5.56 Å². The van der Waals surface area contributed by atoms with Crippen molar-refractivity contribution in [2.45, 2.75) is 0 Å². The van der Waals surface area contributed by atoms with E-state index in [0.717, 1.165) is 0 Å². The number of hydrogen-bond acceptors (Lipinski definition) is 6. The first-order valence-corrected chi connectivity index (χ1v) is 7.47. The summed E-state index contributed by atoms with van der Waals surface area (Å²) in [7, 11) is 2.94. The number of fused-ring (bicyclic) bond motifs is 1. The largest absolute Gasteiger partial charge is 0.495 e. The number of aromatic amines is 1. The molecular formula is C15H12Cl2N4O3. The van der Waals surface area contributed by atoms with Gasteiger partial charge in [-0.25, -0.2) is 9.97 Å². The third-order valence-corrected chi connectivity index (χ3v) is 4.19. The van der Waals surface area contributed by atoms with Gasteiger partial charge in [0, 0.05) is 23.2 Å². The molecule has 0 fully saturated rings. The minimum absolute atomic E-state index is 0.0138. The number of halogens is 2. The molecule has 3 N–H and O–H groups in total. The van der Waals surface area contributed by atoms with E-state index in [0.29, 0.717) is 28.1 Å². The molecule has 1 aromatic carbocycles. The van der Waals surface area contributed by atoms with Gasteiger partial charge in [-0.3, -0.25) is 4.79 Å². The number of methoxy groups -OCH3 is 2. The molecule has 9 heteroatoms. The minimum Gasteiger partial charge on any atom is -0.495 e. The van der Waals surface area contributed by atoms with E-state index in [1.807, 2.05) is 0 Å². The first kappa shape index (κ1) is 16.4. The third-order valence-electron chi connectivity index (χ3n) is 3.44. The van der Waals surface area contributed by atoms with Crippen LogP contribution in [0.25, 0.3) is 22.2 Å². The SMILES string of the molecule is COc1cc(OC)c(Cl)c(-c2cc3cnc(N)nc3c(=O)[nH]2)c1Cl. The zero-order valence-corrected chi connectivity index (χ0v) is 14.2. The van der Waals surface area contributed by atoms with Crippen LogP contribution in [0, 0.1) is 0 Å². The number of hydrogen-bond donors (Lipinski definition) is 2. The van der Waals surface area contributed by atoms with Crippen LogP contribution in [0.5, 0.6) is 11.5 Å². The van der Waals surface area contributed by atoms with E-state index in [4.69, 9.17) is 38.4 Å². The highest BCUT2D eigenvalue weighted by Gasteiger charge is 2.20. The molecular weight excluding hydrogens is 355 g/mol. The van der Waals surface area contributed by atoms with E-state index in [9.17, 15) is 4.79 Å². The molecule has 0 bridgehead atoms. The van der Waals surface area contributed by atoms with Gasteiger partial charge in [0.1, 0.15) is 17.0 Å². The zero-order chi connectivity index (χ0) is 17.4. The Morgan fingerprint density at radius 1 is 1.12 bits per heavy atom. The smallest absolute Gasteiger partial charge is 0.275 e. The van der Waals surface area contributed by atoms with E-state index in [-0.39, 0.29) is 21.5 Å². The normalized spacial score (nSPS) is 10.8. The van der Waals surface area contributed by atoms with E-state index in [1.165, 1.54) is 20.4 Å². The second-order valence-corrected chi connectivity index (χ2v) is 5.58. The van der Waals surface area contributed by atoms with Gasteiger partial charge < -0.3 is 20.2 Å². The van der Waals surface area contributed by atoms with Crippen LogP contribution in [0.1, 0.15) is 0 Å². The van der Waals surface area contributed by atoms with Crippen molar-refractivity contribution in [1.82, 2.24) is 15.0 Å². The first-order valence-electron chi connectivity index (χ1n) is 6.72. The van der Waals surface area contributed by atoms with Gasteiger partial charge in [-0.05, 0) is 6.07 Å². The van der Waals surface area contributed by atoms with Crippen molar-refractivity contribution in [1.29, 1.82) is 0 Å². The molecule has 0 aliphatic heterocycles. The van der Waals surface area contributed by atoms with Crippen molar-refractivity contribution in [2.75, 3.05) is 20.0 Å². The maximum absolute atomic E-state index is 12.3. The fourth-order valence-electron chi connectivity index (χ4n) is 2.32. The number of H-pyrrole nitrogens is 1. The van der Waals surface area contributed by atoms with Crippen LogP contribution < -0.4 is 20.8 Å². The summed E-state index contributed by atoms with van der Waals surface area (Å²) in [5.74, 6) is 0.740. The number of nitrogens with one attached hydrogen (secondary N) is 1. The summed E-state index contributed by atoms with van der Waals surface area (Å²) >= 11 is 12.7. The lowest BCUT2D eigenvalue weighted by Crippen LogP contribution is -2.11. The number of nitrogens with two attached hydrogens (primary N) is 1. The quantitative estimate of drug-likeness (QED) is 0.738. The molecule has 3 aromatic rings. The predicted molar refractivity (Wildman–Crippen MR) is 93.1 cm³/mol. The molecule has 24 heavy (non-hydrogen) atoms. The van der Waals surface area contributed by atoms with Crippen LogP contribution in [0.4, 0.5) is 5.95 Å². The summed E-state index contributed by atoms with van der Waals surface area (Å²) in [5, 5.41) is 0.987. The summed E-state index contributed by atoms with van der Waals surface area (Å²) in [6.45, 7) is 0. The minimum atomic E-state index is -0.439. The fourth-order valence-corrected chi connectivity index (χ4v) is 3.03. The Hall–Kier alpha value is -2.51. The summed E-state index contributed by atoms with van der Waals surface area (Å²) < 4.78 is 10.5. The molecule has 0 amide bonds. The number of rotatable bonds is 3. The van der Waals surface area contributed by atoms with E-state index in [1.54, 1.807) is 12.1 Å². The summed E-state index contributed by atoms with van der Waals surface area (Å²) in [5.41, 5.74) is 6.01. The molecule has 0 saturated carbocycles. The Balaban J connectivity index is 2.35. The van der Waals surface area contributed by atoms with E-state index < -0.39 is 5.56 Å². The number of aromatic nitrogens is 3. The van der Waals surface area contributed by atoms with Gasteiger partial charge in [0.05, 0.1) is 30.0 Å². The molecule has 0 aliphatic carbocycles. The summed E-state index contributed by atoms with van der Waals surface area (Å²) in [4.78, 5) is 22.8. The van der Waals surface area contributed by atoms with Crippen LogP contribution in [0.2, 0.25) is 10.0 Å². The second kappa shape index (κ2) is 6.18. The maximum atomic E-state index is 12.3. The lowest BCUT2D eigenvalue weighted by Gasteiger charge is -2.14. The van der Waals surface area contributed by atoms with Crippen molar-refractivity contribution < 1.29 is 9.47 Å². The molecule has 0 radical (unpaired) electrons. The molecule has 124 valence electrons. The van der Waals surface area contributed by atoms with Crippen molar-refractivity contribution >= 4 is 40.1 Å². The average molecular weight is 367 g/mol. The van der Waals surface area contributed by atoms with Gasteiger partial charge >= 0.3 is 0 Å². The predicted octanol–water partition coefficient (Wildman–Crippen LogP) is 2.89. The van der Waals surface area contributed by atoms with Crippen molar-refractivity contribution in [3.8, 4) is 22.8 Å². The second-order valence-electron chi connectivity index (χ2n) is 4.83. The molecule has 7 nitrogen and oxygen atoms in total. The van der Waals surface area contributed by atoms with Crippen molar-refractivity contribution in [3.05, 3.63) is 38.7 Å². The molecule has 2 heterocycles. The Labute approximate surface area is 146 Å². The fraction of sp³-hybridized carbons (Fsp3) is 0.133. The Morgan fingerprint density at radius 3 is 2.33 bits per heavy atom. The Kier molecular flexibility index (Phi) is 4.21. The number of ether oxygens (including phenoxy) is 2. The molecule has 0 saturated heterocycles. The highest BCUT2D eigenvalue weighted by Crippen LogP contribution is 2.45. The van der Waals surface area contributed by atoms with Gasteiger partial charge in [0.2, 0.25) is 5.95 Å². The molecule has 0 unspecified atom stereocenters. The molecule has 0 atom stereocenters. The van der Waals surface area contributed by atoms with Crippen LogP contribution >= 0.6 is 23.2 Å². The number of anilines is 1. The highest BCUT2D eigenvalue weighted by molar-refractivity contribution is 6.41. The van der Waals surface area contributed by atoms with Gasteiger partial charge in [0.15, 0.2) is 0 Å². The van der Waals surface area contributed by atoms with E-state index in [2.05, 4.69) is 15.0 Å². The monoisotopic (exact) mass is 366 g/mol. The lowest BCUT2D eigenvalue weighted by molar-refractivity contribution is 0.395. The van der Waals surface area contributed by atoms with Crippen LogP contribution in [-0.4, -0.2) is 29.2 Å². The molecule has 0 spiro atoms. The van der Waals surface area contributed by atoms with Gasteiger partial charge in [-0.15, -0.1) is 0 Å². The average Bonchev–Trinajstić information content (AvgIpc) is 2.56. The Bertz CT molecular complexity index is 976. The van der Waals surface area contributed by atoms with Gasteiger partial charge in [-0.2, -0.15) is 0 Å². The molecule has 3 rings (SSSR count). The highest BCUT2D eigenvalue weighted by atomic mass is 35.5. The summed E-state index contributed by atoms with van der Waals surface area (Å²) in [6, 6.07) is 3.22. The van der Waals surface area contributed by atoms with E-state index >= 15 is 0 Å². The maximum Gasteiger partial charge on any atom is 0.275 e. The van der Waals surface area contributed by atoms with Crippen molar-refractivity contribution in [3.63, 3.8) is 0 Å². The van der Waals surface area contributed by atoms with Crippen LogP contribution in [0.3, 0.4) is 0 Å². The van der Waals surface area contributed by atoms with Crippen LogP contribution in [-0.2, 0) is 0 Å². The lowest BCUT2D eigenvalue weighted by atomic mass is 10.1. The number of benzene rings is 1. The molecule has 2 aromatic heterocycles. The van der Waals surface area contributed by atoms with Crippen molar-refractivity contribution in [2.24, 2.45) is 0 Å². The Morgan fingerprint density at radius 2 is 1.75 bits per heavy atom. The first-order chi connectivity index (χ1) is 11.5. The summed E-state index contributed by atoms with van der Waals surface area (Å²) in [6.07, 6.45) is 1.45. The zero-order valence-electron chi connectivity index (χ0n) is 12.7. The topological polar surface area (TPSA) is 103 Å². The third kappa shape index (κ3) is 2.61. The van der Waals surface area contributed by atoms with Crippen LogP contribution in [0.15, 0.2) is 23.1 Å². The standard InChI is InChI=1S/C15H12Cl2N4O3/c1-23-8-4-9(24-2)12(17)10(11(8)16)7-3-6-5-19-15(18)21-13(6)14(22)20-7/h3-5H,1-2H3,(H,20,22)(H2,18,19,21). The van der Waals surface area contributed by atoms with Gasteiger partial charge in [-0.1, -0.05) is 23.2 Å².